The van der Waals surface area contributed by atoms with Crippen LogP contribution in [0.25, 0.3) is 0 Å². The van der Waals surface area contributed by atoms with Crippen LogP contribution in [0.3, 0.4) is 0 Å². The number of nitrogens with zero attached hydrogens (tertiary/aromatic N) is 2. The number of esters is 1. The lowest BCUT2D eigenvalue weighted by Gasteiger charge is -2.32. The van der Waals surface area contributed by atoms with Crippen LogP contribution in [0.1, 0.15) is 30.1 Å². The van der Waals surface area contributed by atoms with Gasteiger partial charge in [0, 0.05) is 19.2 Å². The molecule has 0 saturated carbocycles. The lowest BCUT2D eigenvalue weighted by molar-refractivity contribution is -0.384. The third-order valence-corrected chi connectivity index (χ3v) is 3.80. The molecule has 0 bridgehead atoms. The maximum atomic E-state index is 11.9. The van der Waals surface area contributed by atoms with Crippen molar-refractivity contribution < 1.29 is 24.4 Å². The van der Waals surface area contributed by atoms with Gasteiger partial charge in [-0.05, 0) is 31.9 Å². The van der Waals surface area contributed by atoms with E-state index in [1.165, 1.54) is 12.1 Å². The molecule has 1 aliphatic heterocycles. The third-order valence-electron chi connectivity index (χ3n) is 3.80. The number of rotatable bonds is 5. The van der Waals surface area contributed by atoms with E-state index in [1.54, 1.807) is 11.8 Å². The van der Waals surface area contributed by atoms with Crippen LogP contribution in [-0.2, 0) is 9.53 Å². The summed E-state index contributed by atoms with van der Waals surface area (Å²) in [5.41, 5.74) is -0.0807. The number of nitro groups is 1. The molecule has 1 aliphatic rings. The van der Waals surface area contributed by atoms with Crippen molar-refractivity contribution in [3.63, 3.8) is 0 Å². The number of benzene rings is 1. The van der Waals surface area contributed by atoms with Crippen molar-refractivity contribution in [3.05, 3.63) is 33.9 Å². The molecular weight excluding hydrogens is 304 g/mol. The molecule has 0 spiro atoms. The summed E-state index contributed by atoms with van der Waals surface area (Å²) in [4.78, 5) is 35.3. The Hall–Kier alpha value is -2.64. The standard InChI is InChI=1S/C15H18N2O6/c1-2-23-15(20)11-4-3-7-16(9-11)12-6-5-10(14(18)19)8-13(12)17(21)22/h5-6,8,11H,2-4,7,9H2,1H3,(H,18,19)/t11-/m1/s1. The molecule has 8 nitrogen and oxygen atoms in total. The number of carbonyl (C=O) groups excluding carboxylic acids is 1. The molecule has 0 aliphatic carbocycles. The first-order valence-electron chi connectivity index (χ1n) is 7.37. The van der Waals surface area contributed by atoms with Gasteiger partial charge < -0.3 is 14.7 Å². The van der Waals surface area contributed by atoms with Gasteiger partial charge in [0.05, 0.1) is 23.0 Å². The van der Waals surface area contributed by atoms with E-state index in [-0.39, 0.29) is 23.1 Å². The van der Waals surface area contributed by atoms with Crippen molar-refractivity contribution >= 4 is 23.3 Å². The smallest absolute Gasteiger partial charge is 0.335 e. The van der Waals surface area contributed by atoms with Crippen LogP contribution < -0.4 is 4.90 Å². The van der Waals surface area contributed by atoms with Gasteiger partial charge in [0.2, 0.25) is 0 Å². The van der Waals surface area contributed by atoms with Gasteiger partial charge in [0.15, 0.2) is 0 Å². The number of hydrogen-bond donors (Lipinski definition) is 1. The zero-order valence-corrected chi connectivity index (χ0v) is 12.7. The molecule has 1 fully saturated rings. The summed E-state index contributed by atoms with van der Waals surface area (Å²) in [6, 6.07) is 3.80. The SMILES string of the molecule is CCOC(=O)[C@@H]1CCCN(c2ccc(C(=O)O)cc2[N+](=O)[O-])C1. The molecular formula is C15H18N2O6. The van der Waals surface area contributed by atoms with Gasteiger partial charge in [-0.25, -0.2) is 4.79 Å². The summed E-state index contributed by atoms with van der Waals surface area (Å²) in [7, 11) is 0. The van der Waals surface area contributed by atoms with Gasteiger partial charge >= 0.3 is 11.9 Å². The highest BCUT2D eigenvalue weighted by atomic mass is 16.6. The predicted octanol–water partition coefficient (Wildman–Crippen LogP) is 2.07. The van der Waals surface area contributed by atoms with Crippen LogP contribution >= 0.6 is 0 Å². The fraction of sp³-hybridized carbons (Fsp3) is 0.467. The van der Waals surface area contributed by atoms with E-state index in [0.717, 1.165) is 6.07 Å². The lowest BCUT2D eigenvalue weighted by atomic mass is 9.97. The van der Waals surface area contributed by atoms with Gasteiger partial charge in [-0.15, -0.1) is 0 Å². The first-order valence-corrected chi connectivity index (χ1v) is 7.37. The number of nitro benzene ring substituents is 1. The minimum atomic E-state index is -1.22. The molecule has 1 aromatic carbocycles. The van der Waals surface area contributed by atoms with Gasteiger partial charge in [0.1, 0.15) is 5.69 Å². The fourth-order valence-corrected chi connectivity index (χ4v) is 2.72. The van der Waals surface area contributed by atoms with Crippen LogP contribution in [0.15, 0.2) is 18.2 Å². The summed E-state index contributed by atoms with van der Waals surface area (Å²) in [6.07, 6.45) is 1.39. The maximum absolute atomic E-state index is 11.9. The molecule has 1 aromatic rings. The Balaban J connectivity index is 2.28. The average Bonchev–Trinajstić information content (AvgIpc) is 2.54. The average molecular weight is 322 g/mol. The highest BCUT2D eigenvalue weighted by Crippen LogP contribution is 2.32. The summed E-state index contributed by atoms with van der Waals surface area (Å²) in [6.45, 7) is 2.92. The van der Waals surface area contributed by atoms with Gasteiger partial charge in [0.25, 0.3) is 5.69 Å². The van der Waals surface area contributed by atoms with E-state index in [2.05, 4.69) is 0 Å². The second-order valence-corrected chi connectivity index (χ2v) is 5.30. The number of aromatic carboxylic acids is 1. The van der Waals surface area contributed by atoms with Crippen molar-refractivity contribution in [1.29, 1.82) is 0 Å². The van der Waals surface area contributed by atoms with E-state index in [0.29, 0.717) is 38.2 Å². The predicted molar refractivity (Wildman–Crippen MR) is 81.6 cm³/mol. The highest BCUT2D eigenvalue weighted by molar-refractivity contribution is 5.90. The van der Waals surface area contributed by atoms with Crippen LogP contribution in [0.5, 0.6) is 0 Å². The molecule has 1 saturated heterocycles. The normalized spacial score (nSPS) is 17.6. The van der Waals surface area contributed by atoms with Crippen LogP contribution in [0.2, 0.25) is 0 Å². The summed E-state index contributed by atoms with van der Waals surface area (Å²) in [5, 5.41) is 20.2. The lowest BCUT2D eigenvalue weighted by Crippen LogP contribution is -2.39. The first kappa shape index (κ1) is 16.7. The van der Waals surface area contributed by atoms with Crippen LogP contribution in [0, 0.1) is 16.0 Å². The van der Waals surface area contributed by atoms with Crippen molar-refractivity contribution in [1.82, 2.24) is 0 Å². The Kier molecular flexibility index (Phi) is 5.15. The molecule has 0 unspecified atom stereocenters. The molecule has 23 heavy (non-hydrogen) atoms. The summed E-state index contributed by atoms with van der Waals surface area (Å²) < 4.78 is 5.02. The van der Waals surface area contributed by atoms with Crippen molar-refractivity contribution in [2.24, 2.45) is 5.92 Å². The van der Waals surface area contributed by atoms with E-state index < -0.39 is 10.9 Å². The molecule has 8 heteroatoms. The maximum Gasteiger partial charge on any atom is 0.335 e. The number of carboxylic acid groups (broad SMARTS) is 1. The van der Waals surface area contributed by atoms with Crippen LogP contribution in [-0.4, -0.2) is 41.7 Å². The summed E-state index contributed by atoms with van der Waals surface area (Å²) in [5.74, 6) is -1.85. The van der Waals surface area contributed by atoms with Crippen molar-refractivity contribution in [2.45, 2.75) is 19.8 Å². The summed E-state index contributed by atoms with van der Waals surface area (Å²) >= 11 is 0. The zero-order chi connectivity index (χ0) is 17.0. The molecule has 0 aromatic heterocycles. The number of carboxylic acids is 1. The minimum absolute atomic E-state index is 0.139. The Morgan fingerprint density at radius 2 is 2.22 bits per heavy atom. The van der Waals surface area contributed by atoms with E-state index in [1.807, 2.05) is 0 Å². The molecule has 0 radical (unpaired) electrons. The van der Waals surface area contributed by atoms with Gasteiger partial charge in [-0.1, -0.05) is 0 Å². The van der Waals surface area contributed by atoms with E-state index in [4.69, 9.17) is 9.84 Å². The first-order chi connectivity index (χ1) is 10.9. The molecule has 124 valence electrons. The largest absolute Gasteiger partial charge is 0.478 e. The Morgan fingerprint density at radius 3 is 2.83 bits per heavy atom. The monoisotopic (exact) mass is 322 g/mol. The van der Waals surface area contributed by atoms with E-state index in [9.17, 15) is 19.7 Å². The molecule has 0 amide bonds. The number of hydrogen-bond acceptors (Lipinski definition) is 6. The Morgan fingerprint density at radius 1 is 1.48 bits per heavy atom. The number of anilines is 1. The molecule has 1 heterocycles. The topological polar surface area (TPSA) is 110 Å². The quantitative estimate of drug-likeness (QED) is 0.502. The van der Waals surface area contributed by atoms with Gasteiger partial charge in [-0.3, -0.25) is 14.9 Å². The van der Waals surface area contributed by atoms with E-state index >= 15 is 0 Å². The fourth-order valence-electron chi connectivity index (χ4n) is 2.72. The van der Waals surface area contributed by atoms with Crippen LogP contribution in [0.4, 0.5) is 11.4 Å². The zero-order valence-electron chi connectivity index (χ0n) is 12.7. The Bertz CT molecular complexity index is 630. The third kappa shape index (κ3) is 3.77. The van der Waals surface area contributed by atoms with Crippen molar-refractivity contribution in [3.8, 4) is 0 Å². The van der Waals surface area contributed by atoms with Gasteiger partial charge in [-0.2, -0.15) is 0 Å². The number of piperidine rings is 1. The second kappa shape index (κ2) is 7.08. The second-order valence-electron chi connectivity index (χ2n) is 5.30. The number of ether oxygens (including phenoxy) is 1. The molecule has 2 rings (SSSR count). The number of carbonyl (C=O) groups is 2. The highest BCUT2D eigenvalue weighted by Gasteiger charge is 2.30. The van der Waals surface area contributed by atoms with Crippen molar-refractivity contribution in [2.75, 3.05) is 24.6 Å². The molecule has 1 N–H and O–H groups in total. The Labute approximate surface area is 132 Å². The minimum Gasteiger partial charge on any atom is -0.478 e. The molecule has 1 atom stereocenters.